The van der Waals surface area contributed by atoms with Crippen molar-refractivity contribution in [3.05, 3.63) is 65.7 Å². The third kappa shape index (κ3) is 3.26. The van der Waals surface area contributed by atoms with Crippen LogP contribution < -0.4 is 10.1 Å². The molecule has 1 saturated carbocycles. The van der Waals surface area contributed by atoms with E-state index in [-0.39, 0.29) is 0 Å². The van der Waals surface area contributed by atoms with Crippen molar-refractivity contribution in [2.75, 3.05) is 20.2 Å². The topological polar surface area (TPSA) is 41.5 Å². The molecule has 3 nitrogen and oxygen atoms in total. The second-order valence-corrected chi connectivity index (χ2v) is 7.91. The van der Waals surface area contributed by atoms with Gasteiger partial charge in [-0.1, -0.05) is 42.5 Å². The van der Waals surface area contributed by atoms with E-state index in [1.165, 1.54) is 18.4 Å². The lowest BCUT2D eigenvalue weighted by molar-refractivity contribution is -0.119. The molecular formula is C23H29NO2. The quantitative estimate of drug-likeness (QED) is 0.862. The Hall–Kier alpha value is -1.84. The van der Waals surface area contributed by atoms with Crippen molar-refractivity contribution in [2.45, 2.75) is 31.3 Å². The molecule has 0 amide bonds. The van der Waals surface area contributed by atoms with E-state index < -0.39 is 5.60 Å². The van der Waals surface area contributed by atoms with Crippen LogP contribution in [-0.4, -0.2) is 25.3 Å². The molecule has 4 unspecified atom stereocenters. The van der Waals surface area contributed by atoms with Crippen LogP contribution >= 0.6 is 0 Å². The summed E-state index contributed by atoms with van der Waals surface area (Å²) in [7, 11) is 1.68. The zero-order valence-electron chi connectivity index (χ0n) is 15.5. The summed E-state index contributed by atoms with van der Waals surface area (Å²) in [5.41, 5.74) is 1.39. The van der Waals surface area contributed by atoms with Gasteiger partial charge in [-0.25, -0.2) is 0 Å². The summed E-state index contributed by atoms with van der Waals surface area (Å²) >= 11 is 0. The van der Waals surface area contributed by atoms with Crippen LogP contribution in [-0.2, 0) is 12.0 Å². The van der Waals surface area contributed by atoms with Crippen LogP contribution in [0.4, 0.5) is 0 Å². The molecule has 4 rings (SSSR count). The van der Waals surface area contributed by atoms with Crippen LogP contribution in [0.25, 0.3) is 0 Å². The SMILES string of the molecule is COc1ccc(C(O)(Cc2ccccc2)C2CC3CCNCCC32)cc1. The van der Waals surface area contributed by atoms with Crippen LogP contribution in [0.5, 0.6) is 5.75 Å². The zero-order chi connectivity index (χ0) is 18.0. The van der Waals surface area contributed by atoms with Crippen molar-refractivity contribution >= 4 is 0 Å². The van der Waals surface area contributed by atoms with Crippen molar-refractivity contribution in [3.63, 3.8) is 0 Å². The van der Waals surface area contributed by atoms with Crippen LogP contribution in [0.15, 0.2) is 54.6 Å². The highest BCUT2D eigenvalue weighted by atomic mass is 16.5. The number of aliphatic hydroxyl groups is 1. The van der Waals surface area contributed by atoms with Gasteiger partial charge >= 0.3 is 0 Å². The molecule has 0 aromatic heterocycles. The average molecular weight is 351 g/mol. The van der Waals surface area contributed by atoms with E-state index in [9.17, 15) is 5.11 Å². The molecule has 26 heavy (non-hydrogen) atoms. The first kappa shape index (κ1) is 17.6. The highest BCUT2D eigenvalue weighted by Crippen LogP contribution is 2.54. The van der Waals surface area contributed by atoms with E-state index in [2.05, 4.69) is 29.6 Å². The van der Waals surface area contributed by atoms with Crippen molar-refractivity contribution in [1.82, 2.24) is 5.32 Å². The maximum absolute atomic E-state index is 12.0. The molecule has 0 spiro atoms. The van der Waals surface area contributed by atoms with E-state index in [4.69, 9.17) is 4.74 Å². The number of benzene rings is 2. The van der Waals surface area contributed by atoms with Gasteiger partial charge in [0, 0.05) is 6.42 Å². The monoisotopic (exact) mass is 351 g/mol. The van der Waals surface area contributed by atoms with Gasteiger partial charge in [0.1, 0.15) is 5.75 Å². The van der Waals surface area contributed by atoms with Crippen LogP contribution in [0, 0.1) is 17.8 Å². The number of hydrogen-bond acceptors (Lipinski definition) is 3. The van der Waals surface area contributed by atoms with Gasteiger partial charge in [0.25, 0.3) is 0 Å². The fourth-order valence-electron chi connectivity index (χ4n) is 5.04. The Morgan fingerprint density at radius 2 is 1.77 bits per heavy atom. The van der Waals surface area contributed by atoms with Gasteiger partial charge in [-0.3, -0.25) is 0 Å². The highest BCUT2D eigenvalue weighted by molar-refractivity contribution is 5.34. The van der Waals surface area contributed by atoms with Gasteiger partial charge in [-0.05, 0) is 73.4 Å². The molecule has 1 aliphatic heterocycles. The predicted octanol–water partition coefficient (Wildman–Crippen LogP) is 3.76. The van der Waals surface area contributed by atoms with Gasteiger partial charge in [0.05, 0.1) is 12.7 Å². The molecule has 2 aromatic rings. The van der Waals surface area contributed by atoms with Crippen molar-refractivity contribution in [3.8, 4) is 5.75 Å². The standard InChI is InChI=1S/C23H29NO2/c1-26-20-9-7-19(8-10-20)23(25,16-17-5-3-2-4-6-17)22-15-18-11-13-24-14-12-21(18)22/h2-10,18,21-22,24-25H,11-16H2,1H3. The van der Waals surface area contributed by atoms with Gasteiger partial charge in [-0.2, -0.15) is 0 Å². The maximum atomic E-state index is 12.0. The van der Waals surface area contributed by atoms with Gasteiger partial charge in [0.2, 0.25) is 0 Å². The van der Waals surface area contributed by atoms with Crippen molar-refractivity contribution < 1.29 is 9.84 Å². The minimum Gasteiger partial charge on any atom is -0.497 e. The molecule has 4 atom stereocenters. The third-order valence-electron chi connectivity index (χ3n) is 6.55. The molecular weight excluding hydrogens is 322 g/mol. The summed E-state index contributed by atoms with van der Waals surface area (Å²) in [6.45, 7) is 2.19. The molecule has 3 heteroatoms. The smallest absolute Gasteiger partial charge is 0.118 e. The Balaban J connectivity index is 1.66. The molecule has 2 aliphatic rings. The van der Waals surface area contributed by atoms with E-state index in [0.717, 1.165) is 36.7 Å². The summed E-state index contributed by atoms with van der Waals surface area (Å²) in [5.74, 6) is 2.53. The van der Waals surface area contributed by atoms with Crippen LogP contribution in [0.1, 0.15) is 30.4 Å². The zero-order valence-corrected chi connectivity index (χ0v) is 15.5. The van der Waals surface area contributed by atoms with Gasteiger partial charge in [-0.15, -0.1) is 0 Å². The van der Waals surface area contributed by atoms with Crippen molar-refractivity contribution in [2.24, 2.45) is 17.8 Å². The number of fused-ring (bicyclic) bond motifs is 1. The Morgan fingerprint density at radius 3 is 2.50 bits per heavy atom. The Bertz CT molecular complexity index is 715. The second-order valence-electron chi connectivity index (χ2n) is 7.91. The highest BCUT2D eigenvalue weighted by Gasteiger charge is 2.52. The molecule has 138 valence electrons. The predicted molar refractivity (Wildman–Crippen MR) is 104 cm³/mol. The second kappa shape index (κ2) is 7.42. The Morgan fingerprint density at radius 1 is 1.04 bits per heavy atom. The number of ether oxygens (including phenoxy) is 1. The molecule has 1 aliphatic carbocycles. The molecule has 1 saturated heterocycles. The summed E-state index contributed by atoms with van der Waals surface area (Å²) in [6.07, 6.45) is 4.21. The van der Waals surface area contributed by atoms with E-state index >= 15 is 0 Å². The lowest BCUT2D eigenvalue weighted by Crippen LogP contribution is -2.51. The van der Waals surface area contributed by atoms with Crippen molar-refractivity contribution in [1.29, 1.82) is 0 Å². The lowest BCUT2D eigenvalue weighted by atomic mass is 9.54. The molecule has 2 fully saturated rings. The minimum absolute atomic E-state index is 0.320. The first-order chi connectivity index (χ1) is 12.7. The van der Waals surface area contributed by atoms with Crippen LogP contribution in [0.2, 0.25) is 0 Å². The average Bonchev–Trinajstić information content (AvgIpc) is 2.84. The summed E-state index contributed by atoms with van der Waals surface area (Å²) in [4.78, 5) is 0. The minimum atomic E-state index is -0.820. The van der Waals surface area contributed by atoms with E-state index in [0.29, 0.717) is 18.3 Å². The first-order valence-corrected chi connectivity index (χ1v) is 9.82. The fourth-order valence-corrected chi connectivity index (χ4v) is 5.04. The largest absolute Gasteiger partial charge is 0.497 e. The van der Waals surface area contributed by atoms with Crippen LogP contribution in [0.3, 0.4) is 0 Å². The summed E-state index contributed by atoms with van der Waals surface area (Å²) in [6, 6.07) is 18.4. The maximum Gasteiger partial charge on any atom is 0.118 e. The van der Waals surface area contributed by atoms with E-state index in [1.54, 1.807) is 7.11 Å². The Kier molecular flexibility index (Phi) is 5.01. The number of nitrogens with one attached hydrogen (secondary N) is 1. The number of rotatable bonds is 5. The lowest BCUT2D eigenvalue weighted by Gasteiger charge is -2.52. The summed E-state index contributed by atoms with van der Waals surface area (Å²) < 4.78 is 5.31. The molecule has 2 N–H and O–H groups in total. The fraction of sp³-hybridized carbons (Fsp3) is 0.478. The molecule has 2 aromatic carbocycles. The molecule has 1 heterocycles. The molecule has 0 bridgehead atoms. The number of hydrogen-bond donors (Lipinski definition) is 2. The number of methoxy groups -OCH3 is 1. The third-order valence-corrected chi connectivity index (χ3v) is 6.55. The van der Waals surface area contributed by atoms with E-state index in [1.807, 2.05) is 30.3 Å². The van der Waals surface area contributed by atoms with Gasteiger partial charge < -0.3 is 15.2 Å². The first-order valence-electron chi connectivity index (χ1n) is 9.82. The Labute approximate surface area is 156 Å². The molecule has 0 radical (unpaired) electrons. The van der Waals surface area contributed by atoms with Gasteiger partial charge in [0.15, 0.2) is 0 Å². The summed E-state index contributed by atoms with van der Waals surface area (Å²) in [5, 5.41) is 15.5. The normalized spacial score (nSPS) is 27.5.